The molecule has 0 spiro atoms. The van der Waals surface area contributed by atoms with E-state index in [-0.39, 0.29) is 5.91 Å². The van der Waals surface area contributed by atoms with E-state index in [1.165, 1.54) is 5.56 Å². The summed E-state index contributed by atoms with van der Waals surface area (Å²) in [6, 6.07) is 10.2. The fourth-order valence-electron chi connectivity index (χ4n) is 4.04. The molecule has 0 unspecified atom stereocenters. The summed E-state index contributed by atoms with van der Waals surface area (Å²) in [5.41, 5.74) is 2.92. The van der Waals surface area contributed by atoms with Gasteiger partial charge in [0.25, 0.3) is 5.91 Å². The average molecular weight is 407 g/mol. The summed E-state index contributed by atoms with van der Waals surface area (Å²) in [6.07, 6.45) is 7.89. The van der Waals surface area contributed by atoms with Gasteiger partial charge in [0.15, 0.2) is 0 Å². The molecule has 1 aromatic carbocycles. The zero-order valence-corrected chi connectivity index (χ0v) is 18.0. The average Bonchev–Trinajstić information content (AvgIpc) is 3.39. The Labute approximate surface area is 177 Å². The summed E-state index contributed by atoms with van der Waals surface area (Å²) >= 11 is 0. The van der Waals surface area contributed by atoms with Crippen LogP contribution in [0, 0.1) is 6.92 Å². The second-order valence-electron chi connectivity index (χ2n) is 8.36. The molecule has 4 rings (SSSR count). The second kappa shape index (κ2) is 8.83. The largest absolute Gasteiger partial charge is 0.307 e. The zero-order valence-electron chi connectivity index (χ0n) is 18.0. The van der Waals surface area contributed by atoms with E-state index in [1.54, 1.807) is 6.20 Å². The van der Waals surface area contributed by atoms with E-state index in [9.17, 15) is 4.79 Å². The summed E-state index contributed by atoms with van der Waals surface area (Å²) in [4.78, 5) is 15.2. The highest BCUT2D eigenvalue weighted by Gasteiger charge is 2.24. The minimum Gasteiger partial charge on any atom is -0.307 e. The number of anilines is 1. The van der Waals surface area contributed by atoms with Gasteiger partial charge in [-0.2, -0.15) is 10.2 Å². The number of carbonyl (C=O) groups is 1. The Morgan fingerprint density at radius 2 is 1.93 bits per heavy atom. The third-order valence-corrected chi connectivity index (χ3v) is 5.79. The molecule has 3 aromatic rings. The predicted octanol–water partition coefficient (Wildman–Crippen LogP) is 4.06. The Kier molecular flexibility index (Phi) is 5.99. The normalized spacial score (nSPS) is 15.6. The van der Waals surface area contributed by atoms with Gasteiger partial charge in [-0.3, -0.25) is 14.4 Å². The zero-order chi connectivity index (χ0) is 21.1. The number of aryl methyl sites for hydroxylation is 1. The SMILES string of the molecule is Cc1ccccc1C(=O)Nc1ccnn1C1CCN(Cc2cnn(C(C)C)c2)CC1. The number of amides is 1. The lowest BCUT2D eigenvalue weighted by atomic mass is 10.0. The standard InChI is InChI=1S/C23H30N6O/c1-17(2)28-16-19(14-25-28)15-27-12-9-20(10-13-27)29-22(8-11-24-29)26-23(30)21-7-5-4-6-18(21)3/h4-8,11,14,16-17,20H,9-10,12-13,15H2,1-3H3,(H,26,30). The maximum atomic E-state index is 12.7. The molecular formula is C23H30N6O. The number of rotatable bonds is 6. The van der Waals surface area contributed by atoms with Crippen LogP contribution in [0.4, 0.5) is 5.82 Å². The number of piperidine rings is 1. The van der Waals surface area contributed by atoms with E-state index in [1.807, 2.05) is 52.8 Å². The Morgan fingerprint density at radius 3 is 2.63 bits per heavy atom. The lowest BCUT2D eigenvalue weighted by molar-refractivity contribution is 0.102. The van der Waals surface area contributed by atoms with Gasteiger partial charge in [-0.15, -0.1) is 0 Å². The fourth-order valence-corrected chi connectivity index (χ4v) is 4.04. The number of hydrogen-bond acceptors (Lipinski definition) is 4. The predicted molar refractivity (Wildman–Crippen MR) is 118 cm³/mol. The minimum atomic E-state index is -0.0885. The molecule has 1 aliphatic heterocycles. The van der Waals surface area contributed by atoms with Gasteiger partial charge in [-0.1, -0.05) is 18.2 Å². The third kappa shape index (κ3) is 4.46. The van der Waals surface area contributed by atoms with Crippen molar-refractivity contribution in [3.8, 4) is 0 Å². The van der Waals surface area contributed by atoms with Crippen molar-refractivity contribution in [2.75, 3.05) is 18.4 Å². The second-order valence-corrected chi connectivity index (χ2v) is 8.36. The van der Waals surface area contributed by atoms with E-state index in [0.29, 0.717) is 17.6 Å². The molecule has 3 heterocycles. The van der Waals surface area contributed by atoms with Crippen LogP contribution in [-0.4, -0.2) is 43.5 Å². The monoisotopic (exact) mass is 406 g/mol. The van der Waals surface area contributed by atoms with Crippen LogP contribution in [-0.2, 0) is 6.54 Å². The maximum Gasteiger partial charge on any atom is 0.257 e. The molecule has 2 aromatic heterocycles. The van der Waals surface area contributed by atoms with Crippen molar-refractivity contribution in [3.05, 3.63) is 65.6 Å². The van der Waals surface area contributed by atoms with E-state index < -0.39 is 0 Å². The summed E-state index contributed by atoms with van der Waals surface area (Å²) in [7, 11) is 0. The topological polar surface area (TPSA) is 68.0 Å². The van der Waals surface area contributed by atoms with E-state index in [4.69, 9.17) is 0 Å². The lowest BCUT2D eigenvalue weighted by Gasteiger charge is -2.32. The third-order valence-electron chi connectivity index (χ3n) is 5.79. The smallest absolute Gasteiger partial charge is 0.257 e. The first-order chi connectivity index (χ1) is 14.5. The van der Waals surface area contributed by atoms with E-state index in [2.05, 4.69) is 40.5 Å². The number of aromatic nitrogens is 4. The van der Waals surface area contributed by atoms with Crippen molar-refractivity contribution in [2.24, 2.45) is 0 Å². The number of hydrogen-bond donors (Lipinski definition) is 1. The van der Waals surface area contributed by atoms with Gasteiger partial charge in [-0.05, 0) is 45.2 Å². The van der Waals surface area contributed by atoms with Crippen molar-refractivity contribution in [1.82, 2.24) is 24.5 Å². The molecule has 30 heavy (non-hydrogen) atoms. The number of carbonyl (C=O) groups excluding carboxylic acids is 1. The number of benzene rings is 1. The molecular weight excluding hydrogens is 376 g/mol. The Balaban J connectivity index is 1.36. The van der Waals surface area contributed by atoms with Gasteiger partial charge in [-0.25, -0.2) is 4.68 Å². The maximum absolute atomic E-state index is 12.7. The highest BCUT2D eigenvalue weighted by Crippen LogP contribution is 2.26. The van der Waals surface area contributed by atoms with Crippen LogP contribution in [0.3, 0.4) is 0 Å². The minimum absolute atomic E-state index is 0.0885. The van der Waals surface area contributed by atoms with Gasteiger partial charge >= 0.3 is 0 Å². The lowest BCUT2D eigenvalue weighted by Crippen LogP contribution is -2.35. The Morgan fingerprint density at radius 1 is 1.17 bits per heavy atom. The highest BCUT2D eigenvalue weighted by molar-refractivity contribution is 6.04. The molecule has 1 N–H and O–H groups in total. The van der Waals surface area contributed by atoms with Crippen LogP contribution in [0.15, 0.2) is 48.9 Å². The summed E-state index contributed by atoms with van der Waals surface area (Å²) in [5.74, 6) is 0.675. The molecule has 7 nitrogen and oxygen atoms in total. The number of nitrogens with one attached hydrogen (secondary N) is 1. The van der Waals surface area contributed by atoms with Crippen LogP contribution in [0.25, 0.3) is 0 Å². The molecule has 0 bridgehead atoms. The first kappa shape index (κ1) is 20.3. The first-order valence-corrected chi connectivity index (χ1v) is 10.7. The summed E-state index contributed by atoms with van der Waals surface area (Å²) in [5, 5.41) is 12.0. The number of nitrogens with zero attached hydrogens (tertiary/aromatic N) is 5. The Bertz CT molecular complexity index is 997. The fraction of sp³-hybridized carbons (Fsp3) is 0.435. The first-order valence-electron chi connectivity index (χ1n) is 10.7. The van der Waals surface area contributed by atoms with Crippen LogP contribution >= 0.6 is 0 Å². The van der Waals surface area contributed by atoms with Gasteiger partial charge < -0.3 is 5.32 Å². The van der Waals surface area contributed by atoms with Gasteiger partial charge in [0.05, 0.1) is 18.4 Å². The number of likely N-dealkylation sites (tertiary alicyclic amines) is 1. The summed E-state index contributed by atoms with van der Waals surface area (Å²) in [6.45, 7) is 9.16. The van der Waals surface area contributed by atoms with Crippen molar-refractivity contribution >= 4 is 11.7 Å². The molecule has 0 saturated carbocycles. The molecule has 0 atom stereocenters. The van der Waals surface area contributed by atoms with Crippen molar-refractivity contribution in [3.63, 3.8) is 0 Å². The summed E-state index contributed by atoms with van der Waals surface area (Å²) < 4.78 is 3.99. The van der Waals surface area contributed by atoms with Crippen LogP contribution in [0.2, 0.25) is 0 Å². The van der Waals surface area contributed by atoms with Crippen molar-refractivity contribution in [2.45, 2.75) is 52.2 Å². The van der Waals surface area contributed by atoms with Crippen LogP contribution in [0.1, 0.15) is 60.3 Å². The Hall–Kier alpha value is -2.93. The molecule has 7 heteroatoms. The van der Waals surface area contributed by atoms with Crippen LogP contribution in [0.5, 0.6) is 0 Å². The molecule has 0 aliphatic carbocycles. The molecule has 1 saturated heterocycles. The van der Waals surface area contributed by atoms with Crippen LogP contribution < -0.4 is 5.32 Å². The molecule has 158 valence electrons. The van der Waals surface area contributed by atoms with E-state index >= 15 is 0 Å². The molecule has 0 radical (unpaired) electrons. The van der Waals surface area contributed by atoms with Crippen molar-refractivity contribution in [1.29, 1.82) is 0 Å². The molecule has 1 amide bonds. The van der Waals surface area contributed by atoms with Gasteiger partial charge in [0.2, 0.25) is 0 Å². The van der Waals surface area contributed by atoms with E-state index in [0.717, 1.165) is 43.9 Å². The molecule has 1 fully saturated rings. The molecule has 1 aliphatic rings. The van der Waals surface area contributed by atoms with Gasteiger partial charge in [0, 0.05) is 49.1 Å². The van der Waals surface area contributed by atoms with Crippen molar-refractivity contribution < 1.29 is 4.79 Å². The quantitative estimate of drug-likeness (QED) is 0.670. The highest BCUT2D eigenvalue weighted by atomic mass is 16.1. The van der Waals surface area contributed by atoms with Gasteiger partial charge in [0.1, 0.15) is 5.82 Å².